The van der Waals surface area contributed by atoms with E-state index in [-0.39, 0.29) is 0 Å². The van der Waals surface area contributed by atoms with E-state index >= 15 is 0 Å². The first-order valence-electron chi connectivity index (χ1n) is 7.14. The second kappa shape index (κ2) is 5.91. The molecule has 1 fully saturated rings. The summed E-state index contributed by atoms with van der Waals surface area (Å²) in [5, 5.41) is 0. The third kappa shape index (κ3) is 3.08. The zero-order chi connectivity index (χ0) is 14.0. The van der Waals surface area contributed by atoms with Crippen LogP contribution in [0.1, 0.15) is 43.7 Å². The number of rotatable bonds is 3. The summed E-state index contributed by atoms with van der Waals surface area (Å²) in [6.45, 7) is 4.47. The lowest BCUT2D eigenvalue weighted by Gasteiger charge is -2.38. The van der Waals surface area contributed by atoms with Crippen LogP contribution >= 0.6 is 12.2 Å². The number of aryl methyl sites for hydroxylation is 1. The highest BCUT2D eigenvalue weighted by molar-refractivity contribution is 7.80. The minimum atomic E-state index is 0.491. The lowest BCUT2D eigenvalue weighted by atomic mass is 9.84. The summed E-state index contributed by atoms with van der Waals surface area (Å²) in [7, 11) is 2.18. The molecule has 0 aliphatic heterocycles. The van der Waals surface area contributed by atoms with Gasteiger partial charge in [-0.15, -0.1) is 0 Å². The number of thiocarbonyl (C=S) groups is 1. The average Bonchev–Trinajstić information content (AvgIpc) is 2.38. The first-order chi connectivity index (χ1) is 9.00. The van der Waals surface area contributed by atoms with Gasteiger partial charge < -0.3 is 10.6 Å². The van der Waals surface area contributed by atoms with Gasteiger partial charge in [0.05, 0.1) is 0 Å². The molecule has 1 aliphatic rings. The minimum Gasteiger partial charge on any atom is -0.389 e. The van der Waals surface area contributed by atoms with Crippen LogP contribution in [0, 0.1) is 12.8 Å². The number of nitrogens with zero attached hydrogens (tertiary/aromatic N) is 1. The summed E-state index contributed by atoms with van der Waals surface area (Å²) in [5.41, 5.74) is 9.31. The Labute approximate surface area is 122 Å². The number of hydrogen-bond acceptors (Lipinski definition) is 2. The van der Waals surface area contributed by atoms with Gasteiger partial charge in [-0.3, -0.25) is 0 Å². The molecule has 2 atom stereocenters. The van der Waals surface area contributed by atoms with Gasteiger partial charge in [-0.2, -0.15) is 0 Å². The Kier molecular flexibility index (Phi) is 4.46. The van der Waals surface area contributed by atoms with Crippen LogP contribution in [0.15, 0.2) is 18.2 Å². The van der Waals surface area contributed by atoms with Gasteiger partial charge in [0.15, 0.2) is 0 Å². The zero-order valence-electron chi connectivity index (χ0n) is 12.1. The van der Waals surface area contributed by atoms with Crippen molar-refractivity contribution < 1.29 is 0 Å². The molecule has 0 aromatic heterocycles. The molecule has 0 bridgehead atoms. The molecule has 1 aromatic rings. The number of anilines is 1. The second-order valence-electron chi connectivity index (χ2n) is 5.82. The fraction of sp³-hybridized carbons (Fsp3) is 0.562. The molecule has 0 spiro atoms. The highest BCUT2D eigenvalue weighted by Crippen LogP contribution is 2.32. The highest BCUT2D eigenvalue weighted by atomic mass is 32.1. The first kappa shape index (κ1) is 14.3. The van der Waals surface area contributed by atoms with Gasteiger partial charge >= 0.3 is 0 Å². The van der Waals surface area contributed by atoms with Crippen molar-refractivity contribution in [1.29, 1.82) is 0 Å². The first-order valence-corrected chi connectivity index (χ1v) is 7.55. The molecule has 1 aliphatic carbocycles. The fourth-order valence-electron chi connectivity index (χ4n) is 3.19. The van der Waals surface area contributed by atoms with Crippen molar-refractivity contribution in [2.24, 2.45) is 11.7 Å². The topological polar surface area (TPSA) is 29.3 Å². The van der Waals surface area contributed by atoms with Gasteiger partial charge in [-0.1, -0.05) is 38.0 Å². The molecule has 2 N–H and O–H groups in total. The maximum atomic E-state index is 5.87. The number of benzene rings is 1. The molecule has 2 nitrogen and oxygen atoms in total. The smallest absolute Gasteiger partial charge is 0.106 e. The van der Waals surface area contributed by atoms with Crippen LogP contribution in [0.3, 0.4) is 0 Å². The summed E-state index contributed by atoms with van der Waals surface area (Å²) in [6.07, 6.45) is 5.28. The number of hydrogen-bond donors (Lipinski definition) is 1. The number of nitrogens with two attached hydrogens (primary N) is 1. The van der Waals surface area contributed by atoms with Crippen molar-refractivity contribution >= 4 is 22.9 Å². The molecule has 104 valence electrons. The summed E-state index contributed by atoms with van der Waals surface area (Å²) >= 11 is 5.19. The maximum Gasteiger partial charge on any atom is 0.106 e. The zero-order valence-corrected chi connectivity index (χ0v) is 13.0. The van der Waals surface area contributed by atoms with Crippen LogP contribution in [0.5, 0.6) is 0 Å². The summed E-state index contributed by atoms with van der Waals surface area (Å²) in [6, 6.07) is 6.94. The SMILES string of the molecule is Cc1ccc(C(N)=S)c(N(C)C2CCCCC2C)c1. The Morgan fingerprint density at radius 2 is 2.00 bits per heavy atom. The van der Waals surface area contributed by atoms with E-state index in [1.807, 2.05) is 0 Å². The lowest BCUT2D eigenvalue weighted by Crippen LogP contribution is -2.40. The van der Waals surface area contributed by atoms with Crippen LogP contribution in [0.25, 0.3) is 0 Å². The quantitative estimate of drug-likeness (QED) is 0.855. The van der Waals surface area contributed by atoms with E-state index in [2.05, 4.69) is 44.0 Å². The van der Waals surface area contributed by atoms with E-state index in [4.69, 9.17) is 18.0 Å². The van der Waals surface area contributed by atoms with E-state index in [9.17, 15) is 0 Å². The molecular weight excluding hydrogens is 252 g/mol. The summed E-state index contributed by atoms with van der Waals surface area (Å²) in [5.74, 6) is 0.735. The third-order valence-electron chi connectivity index (χ3n) is 4.36. The molecule has 0 heterocycles. The fourth-order valence-corrected chi connectivity index (χ4v) is 3.37. The van der Waals surface area contributed by atoms with Crippen molar-refractivity contribution in [3.63, 3.8) is 0 Å². The molecule has 0 radical (unpaired) electrons. The van der Waals surface area contributed by atoms with Gasteiger partial charge in [-0.05, 0) is 43.4 Å². The predicted molar refractivity (Wildman–Crippen MR) is 86.9 cm³/mol. The van der Waals surface area contributed by atoms with E-state index in [0.717, 1.165) is 11.5 Å². The van der Waals surface area contributed by atoms with Crippen LogP contribution in [0.4, 0.5) is 5.69 Å². The molecule has 19 heavy (non-hydrogen) atoms. The van der Waals surface area contributed by atoms with Crippen LogP contribution in [-0.2, 0) is 0 Å². The van der Waals surface area contributed by atoms with Crippen molar-refractivity contribution in [3.8, 4) is 0 Å². The second-order valence-corrected chi connectivity index (χ2v) is 6.26. The molecule has 3 heteroatoms. The van der Waals surface area contributed by atoms with Gasteiger partial charge in [0, 0.05) is 24.3 Å². The van der Waals surface area contributed by atoms with E-state index in [1.54, 1.807) is 0 Å². The van der Waals surface area contributed by atoms with Crippen molar-refractivity contribution in [2.75, 3.05) is 11.9 Å². The summed E-state index contributed by atoms with van der Waals surface area (Å²) < 4.78 is 0. The molecule has 0 amide bonds. The van der Waals surface area contributed by atoms with Crippen molar-refractivity contribution in [1.82, 2.24) is 0 Å². The van der Waals surface area contributed by atoms with Crippen LogP contribution < -0.4 is 10.6 Å². The third-order valence-corrected chi connectivity index (χ3v) is 4.58. The molecule has 2 unspecified atom stereocenters. The van der Waals surface area contributed by atoms with Gasteiger partial charge in [0.2, 0.25) is 0 Å². The average molecular weight is 276 g/mol. The molecule has 1 saturated carbocycles. The predicted octanol–water partition coefficient (Wildman–Crippen LogP) is 3.64. The molecule has 0 saturated heterocycles. The Hall–Kier alpha value is -1.09. The standard InChI is InChI=1S/C16H24N2S/c1-11-8-9-13(16(17)19)15(10-11)18(3)14-7-5-4-6-12(14)2/h8-10,12,14H,4-7H2,1-3H3,(H2,17,19). The molecular formula is C16H24N2S. The molecule has 2 rings (SSSR count). The Morgan fingerprint density at radius 3 is 2.63 bits per heavy atom. The Balaban J connectivity index is 2.34. The highest BCUT2D eigenvalue weighted by Gasteiger charge is 2.26. The van der Waals surface area contributed by atoms with E-state index < -0.39 is 0 Å². The van der Waals surface area contributed by atoms with Gasteiger partial charge in [0.25, 0.3) is 0 Å². The van der Waals surface area contributed by atoms with Gasteiger partial charge in [0.1, 0.15) is 4.99 Å². The molecule has 1 aromatic carbocycles. The van der Waals surface area contributed by atoms with E-state index in [1.165, 1.54) is 36.9 Å². The van der Waals surface area contributed by atoms with E-state index in [0.29, 0.717) is 11.0 Å². The largest absolute Gasteiger partial charge is 0.389 e. The lowest BCUT2D eigenvalue weighted by molar-refractivity contribution is 0.321. The van der Waals surface area contributed by atoms with Crippen LogP contribution in [-0.4, -0.2) is 18.1 Å². The monoisotopic (exact) mass is 276 g/mol. The summed E-state index contributed by atoms with van der Waals surface area (Å²) in [4.78, 5) is 2.89. The Morgan fingerprint density at radius 1 is 1.32 bits per heavy atom. The normalized spacial score (nSPS) is 23.1. The maximum absolute atomic E-state index is 5.87. The van der Waals surface area contributed by atoms with Gasteiger partial charge in [-0.25, -0.2) is 0 Å². The Bertz CT molecular complexity index is 470. The van der Waals surface area contributed by atoms with Crippen LogP contribution in [0.2, 0.25) is 0 Å². The minimum absolute atomic E-state index is 0.491. The van der Waals surface area contributed by atoms with Crippen molar-refractivity contribution in [2.45, 2.75) is 45.6 Å². The van der Waals surface area contributed by atoms with Crippen molar-refractivity contribution in [3.05, 3.63) is 29.3 Å².